The van der Waals surface area contributed by atoms with Crippen LogP contribution in [0.2, 0.25) is 5.02 Å². The van der Waals surface area contributed by atoms with Gasteiger partial charge in [0, 0.05) is 25.1 Å². The van der Waals surface area contributed by atoms with E-state index in [1.165, 1.54) is 0 Å². The van der Waals surface area contributed by atoms with Gasteiger partial charge in [0.15, 0.2) is 0 Å². The lowest BCUT2D eigenvalue weighted by Gasteiger charge is -2.33. The monoisotopic (exact) mass is 310 g/mol. The van der Waals surface area contributed by atoms with Crippen LogP contribution in [0.1, 0.15) is 30.9 Å². The van der Waals surface area contributed by atoms with Gasteiger partial charge in [-0.2, -0.15) is 0 Å². The molecule has 1 fully saturated rings. The van der Waals surface area contributed by atoms with Gasteiger partial charge in [-0.25, -0.2) is 4.79 Å². The minimum atomic E-state index is -0.416. The number of aliphatic hydroxyl groups excluding tert-OH is 1. The lowest BCUT2D eigenvalue weighted by molar-refractivity contribution is 0.0826. The van der Waals surface area contributed by atoms with E-state index in [-0.39, 0.29) is 12.1 Å². The van der Waals surface area contributed by atoms with Crippen LogP contribution in [-0.4, -0.2) is 41.8 Å². The zero-order valence-corrected chi connectivity index (χ0v) is 12.5. The van der Waals surface area contributed by atoms with Crippen molar-refractivity contribution >= 4 is 17.6 Å². The van der Waals surface area contributed by atoms with E-state index in [0.717, 1.165) is 24.8 Å². The normalized spacial score (nSPS) is 25.0. The molecule has 2 N–H and O–H groups in total. The fraction of sp³-hybridized carbons (Fsp3) is 0.533. The molecule has 2 unspecified atom stereocenters. The Morgan fingerprint density at radius 1 is 1.43 bits per heavy atom. The highest BCUT2D eigenvalue weighted by Gasteiger charge is 2.28. The number of carbonyl (C=O) groups excluding carboxylic acids is 1. The van der Waals surface area contributed by atoms with Crippen LogP contribution in [0, 0.1) is 0 Å². The average Bonchev–Trinajstić information content (AvgIpc) is 2.48. The van der Waals surface area contributed by atoms with E-state index >= 15 is 0 Å². The molecule has 1 aromatic rings. The van der Waals surface area contributed by atoms with Gasteiger partial charge in [0.1, 0.15) is 5.75 Å². The zero-order valence-electron chi connectivity index (χ0n) is 11.7. The van der Waals surface area contributed by atoms with E-state index < -0.39 is 6.10 Å². The number of fused-ring (bicyclic) bond motifs is 1. The molecular weight excluding hydrogens is 292 g/mol. The number of ether oxygens (including phenoxy) is 1. The van der Waals surface area contributed by atoms with Crippen molar-refractivity contribution < 1.29 is 14.6 Å². The van der Waals surface area contributed by atoms with Crippen LogP contribution in [0.25, 0.3) is 0 Å². The summed E-state index contributed by atoms with van der Waals surface area (Å²) >= 11 is 6.13. The molecule has 0 radical (unpaired) electrons. The average molecular weight is 311 g/mol. The second-order valence-electron chi connectivity index (χ2n) is 5.54. The predicted octanol–water partition coefficient (Wildman–Crippen LogP) is 2.33. The molecule has 2 aliphatic rings. The maximum Gasteiger partial charge on any atom is 0.317 e. The second kappa shape index (κ2) is 6.12. The molecule has 0 bridgehead atoms. The summed E-state index contributed by atoms with van der Waals surface area (Å²) in [5, 5.41) is 13.3. The number of aliphatic hydroxyl groups is 1. The molecule has 2 aliphatic heterocycles. The van der Waals surface area contributed by atoms with Crippen molar-refractivity contribution in [1.82, 2.24) is 10.2 Å². The molecule has 0 aliphatic carbocycles. The van der Waals surface area contributed by atoms with Crippen molar-refractivity contribution in [1.29, 1.82) is 0 Å². The van der Waals surface area contributed by atoms with Gasteiger partial charge in [0.2, 0.25) is 0 Å². The number of benzene rings is 1. The fourth-order valence-corrected chi connectivity index (χ4v) is 3.15. The Kier molecular flexibility index (Phi) is 4.22. The Labute approximate surface area is 128 Å². The van der Waals surface area contributed by atoms with Gasteiger partial charge in [0.05, 0.1) is 23.8 Å². The van der Waals surface area contributed by atoms with Gasteiger partial charge in [-0.05, 0) is 18.9 Å². The quantitative estimate of drug-likeness (QED) is 0.837. The minimum absolute atomic E-state index is 0.0981. The van der Waals surface area contributed by atoms with E-state index in [4.69, 9.17) is 16.3 Å². The Balaban J connectivity index is 1.71. The zero-order chi connectivity index (χ0) is 14.8. The molecule has 1 aromatic carbocycles. The smallest absolute Gasteiger partial charge is 0.317 e. The molecule has 114 valence electrons. The number of hydrogen-bond donors (Lipinski definition) is 2. The first-order valence-corrected chi connectivity index (χ1v) is 7.67. The molecule has 1 saturated heterocycles. The summed E-state index contributed by atoms with van der Waals surface area (Å²) in [7, 11) is 0. The maximum atomic E-state index is 12.3. The highest BCUT2D eigenvalue weighted by molar-refractivity contribution is 6.32. The van der Waals surface area contributed by atoms with Crippen LogP contribution in [-0.2, 0) is 0 Å². The molecule has 5 nitrogen and oxygen atoms in total. The van der Waals surface area contributed by atoms with Crippen LogP contribution < -0.4 is 10.1 Å². The molecule has 21 heavy (non-hydrogen) atoms. The number of halogens is 1. The summed E-state index contributed by atoms with van der Waals surface area (Å²) in [5.41, 5.74) is 0.916. The SMILES string of the molecule is O=C(NC1CCOc2c(Cl)cccc21)N1CCCC(O)C1. The van der Waals surface area contributed by atoms with Crippen LogP contribution in [0.3, 0.4) is 0 Å². The van der Waals surface area contributed by atoms with E-state index in [0.29, 0.717) is 30.5 Å². The van der Waals surface area contributed by atoms with E-state index in [1.54, 1.807) is 11.0 Å². The van der Waals surface area contributed by atoms with Crippen molar-refractivity contribution in [3.05, 3.63) is 28.8 Å². The summed E-state index contributed by atoms with van der Waals surface area (Å²) in [4.78, 5) is 14.0. The number of hydrogen-bond acceptors (Lipinski definition) is 3. The third-order valence-electron chi connectivity index (χ3n) is 4.01. The number of amides is 2. The van der Waals surface area contributed by atoms with Crippen molar-refractivity contribution in [3.8, 4) is 5.75 Å². The Morgan fingerprint density at radius 3 is 3.10 bits per heavy atom. The first kappa shape index (κ1) is 14.5. The number of likely N-dealkylation sites (tertiary alicyclic amines) is 1. The number of carbonyl (C=O) groups is 1. The standard InChI is InChI=1S/C15H19ClN2O3/c16-12-5-1-4-11-13(6-8-21-14(11)12)17-15(20)18-7-2-3-10(19)9-18/h1,4-5,10,13,19H,2-3,6-9H2,(H,17,20). The lowest BCUT2D eigenvalue weighted by atomic mass is 10.0. The van der Waals surface area contributed by atoms with Crippen LogP contribution in [0.5, 0.6) is 5.75 Å². The van der Waals surface area contributed by atoms with Crippen LogP contribution in [0.4, 0.5) is 4.79 Å². The molecule has 3 rings (SSSR count). The maximum absolute atomic E-state index is 12.3. The molecular formula is C15H19ClN2O3. The molecule has 0 aromatic heterocycles. The Hall–Kier alpha value is -1.46. The number of piperidine rings is 1. The second-order valence-corrected chi connectivity index (χ2v) is 5.95. The Bertz CT molecular complexity index is 538. The summed E-state index contributed by atoms with van der Waals surface area (Å²) in [5.74, 6) is 0.661. The highest BCUT2D eigenvalue weighted by atomic mass is 35.5. The van der Waals surface area contributed by atoms with Crippen molar-refractivity contribution in [2.45, 2.75) is 31.4 Å². The minimum Gasteiger partial charge on any atom is -0.492 e. The van der Waals surface area contributed by atoms with Gasteiger partial charge in [-0.1, -0.05) is 23.7 Å². The van der Waals surface area contributed by atoms with E-state index in [9.17, 15) is 9.90 Å². The first-order valence-electron chi connectivity index (χ1n) is 7.30. The van der Waals surface area contributed by atoms with Gasteiger partial charge in [0.25, 0.3) is 0 Å². The lowest BCUT2D eigenvalue weighted by Crippen LogP contribution is -2.48. The van der Waals surface area contributed by atoms with Gasteiger partial charge >= 0.3 is 6.03 Å². The number of rotatable bonds is 1. The summed E-state index contributed by atoms with van der Waals surface area (Å²) in [6.07, 6.45) is 1.90. The molecule has 0 spiro atoms. The van der Waals surface area contributed by atoms with Crippen molar-refractivity contribution in [3.63, 3.8) is 0 Å². The van der Waals surface area contributed by atoms with Crippen LogP contribution >= 0.6 is 11.6 Å². The van der Waals surface area contributed by atoms with Crippen LogP contribution in [0.15, 0.2) is 18.2 Å². The van der Waals surface area contributed by atoms with Gasteiger partial charge in [-0.3, -0.25) is 0 Å². The number of nitrogens with one attached hydrogen (secondary N) is 1. The first-order chi connectivity index (χ1) is 10.1. The van der Waals surface area contributed by atoms with Crippen molar-refractivity contribution in [2.75, 3.05) is 19.7 Å². The van der Waals surface area contributed by atoms with E-state index in [2.05, 4.69) is 5.32 Å². The molecule has 2 atom stereocenters. The number of para-hydroxylation sites is 1. The highest BCUT2D eigenvalue weighted by Crippen LogP contribution is 2.37. The third kappa shape index (κ3) is 3.09. The largest absolute Gasteiger partial charge is 0.492 e. The predicted molar refractivity (Wildman–Crippen MR) is 79.7 cm³/mol. The molecule has 2 amide bonds. The molecule has 0 saturated carbocycles. The van der Waals surface area contributed by atoms with Gasteiger partial charge < -0.3 is 20.1 Å². The number of nitrogens with zero attached hydrogens (tertiary/aromatic N) is 1. The topological polar surface area (TPSA) is 61.8 Å². The summed E-state index contributed by atoms with van der Waals surface area (Å²) < 4.78 is 5.59. The Morgan fingerprint density at radius 2 is 2.29 bits per heavy atom. The fourth-order valence-electron chi connectivity index (χ4n) is 2.92. The number of urea groups is 1. The molecule has 6 heteroatoms. The van der Waals surface area contributed by atoms with Crippen molar-refractivity contribution in [2.24, 2.45) is 0 Å². The van der Waals surface area contributed by atoms with E-state index in [1.807, 2.05) is 12.1 Å². The molecule has 2 heterocycles. The summed E-state index contributed by atoms with van der Waals surface area (Å²) in [6, 6.07) is 5.34. The number of β-amino-alcohol motifs (C(OH)–C–C–N with tert-alkyl or cyclic N) is 1. The summed E-state index contributed by atoms with van der Waals surface area (Å²) in [6.45, 7) is 1.62. The third-order valence-corrected chi connectivity index (χ3v) is 4.30. The van der Waals surface area contributed by atoms with Gasteiger partial charge in [-0.15, -0.1) is 0 Å².